The van der Waals surface area contributed by atoms with E-state index in [-0.39, 0.29) is 29.4 Å². The molecular weight excluding hydrogens is 441 g/mol. The molecule has 3 saturated carbocycles. The summed E-state index contributed by atoms with van der Waals surface area (Å²) in [5, 5.41) is 11.6. The molecule has 32 heavy (non-hydrogen) atoms. The largest absolute Gasteiger partial charge is 0.489 e. The van der Waals surface area contributed by atoms with Gasteiger partial charge in [0.15, 0.2) is 9.84 Å². The van der Waals surface area contributed by atoms with Gasteiger partial charge in [0.1, 0.15) is 18.0 Å². The molecule has 0 aromatic heterocycles. The van der Waals surface area contributed by atoms with E-state index in [1.165, 1.54) is 24.3 Å². The van der Waals surface area contributed by atoms with Crippen molar-refractivity contribution in [3.05, 3.63) is 36.2 Å². The fourth-order valence-corrected chi connectivity index (χ4v) is 6.23. The van der Waals surface area contributed by atoms with E-state index in [4.69, 9.17) is 9.47 Å². The molecule has 4 rings (SSSR count). The van der Waals surface area contributed by atoms with Gasteiger partial charge in [-0.05, 0) is 69.7 Å². The van der Waals surface area contributed by atoms with Crippen molar-refractivity contribution in [3.63, 3.8) is 0 Å². The molecule has 3 fully saturated rings. The second-order valence-corrected chi connectivity index (χ2v) is 11.7. The summed E-state index contributed by atoms with van der Waals surface area (Å²) in [5.41, 5.74) is -1.64. The Morgan fingerprint density at radius 2 is 1.78 bits per heavy atom. The van der Waals surface area contributed by atoms with Crippen LogP contribution in [0.4, 0.5) is 9.18 Å². The number of alkyl carbamates (subject to hydrolysis) is 1. The Morgan fingerprint density at radius 1 is 1.19 bits per heavy atom. The maximum absolute atomic E-state index is 13.1. The number of sulfone groups is 1. The Bertz CT molecular complexity index is 1010. The third-order valence-electron chi connectivity index (χ3n) is 5.71. The second kappa shape index (κ2) is 8.38. The van der Waals surface area contributed by atoms with E-state index < -0.39 is 38.3 Å². The highest BCUT2D eigenvalue weighted by atomic mass is 32.2. The molecule has 0 atom stereocenters. The summed E-state index contributed by atoms with van der Waals surface area (Å²) >= 11 is 0. The van der Waals surface area contributed by atoms with Crippen LogP contribution in [0.25, 0.3) is 0 Å². The number of carboxylic acids is 1. The van der Waals surface area contributed by atoms with Crippen LogP contribution in [0.1, 0.15) is 40.0 Å². The van der Waals surface area contributed by atoms with Crippen LogP contribution in [-0.4, -0.2) is 50.1 Å². The number of ether oxygens (including phenoxy) is 2. The van der Waals surface area contributed by atoms with Crippen molar-refractivity contribution in [2.24, 2.45) is 10.8 Å². The number of carboxylic acid groups (broad SMARTS) is 1. The molecular formula is C22H28FNO7S. The number of amides is 1. The summed E-state index contributed by atoms with van der Waals surface area (Å²) in [5.74, 6) is -0.572. The molecule has 2 N–H and O–H groups in total. The quantitative estimate of drug-likeness (QED) is 0.568. The molecule has 0 unspecified atom stereocenters. The molecule has 3 aliphatic rings. The molecule has 8 nitrogen and oxygen atoms in total. The summed E-state index contributed by atoms with van der Waals surface area (Å²) in [4.78, 5) is 23.0. The Kier molecular flexibility index (Phi) is 6.29. The fourth-order valence-electron chi connectivity index (χ4n) is 4.40. The zero-order chi connectivity index (χ0) is 23.8. The predicted molar refractivity (Wildman–Crippen MR) is 114 cm³/mol. The smallest absolute Gasteiger partial charge is 0.407 e. The van der Waals surface area contributed by atoms with Gasteiger partial charge in [0.25, 0.3) is 0 Å². The van der Waals surface area contributed by atoms with Crippen LogP contribution in [-0.2, 0) is 19.4 Å². The van der Waals surface area contributed by atoms with E-state index in [1.54, 1.807) is 20.8 Å². The predicted octanol–water partition coefficient (Wildman–Crippen LogP) is 3.47. The number of nitrogens with one attached hydrogen (secondary N) is 1. The Labute approximate surface area is 186 Å². The highest BCUT2D eigenvalue weighted by Gasteiger charge is 2.72. The molecule has 0 heterocycles. The minimum atomic E-state index is -3.56. The first kappa shape index (κ1) is 24.0. The van der Waals surface area contributed by atoms with Gasteiger partial charge in [-0.25, -0.2) is 17.6 Å². The van der Waals surface area contributed by atoms with Gasteiger partial charge >= 0.3 is 12.1 Å². The van der Waals surface area contributed by atoms with Gasteiger partial charge in [-0.15, -0.1) is 0 Å². The van der Waals surface area contributed by atoms with Crippen LogP contribution in [0.2, 0.25) is 0 Å². The van der Waals surface area contributed by atoms with E-state index >= 15 is 0 Å². The van der Waals surface area contributed by atoms with Crippen molar-refractivity contribution in [2.45, 2.75) is 50.5 Å². The highest BCUT2D eigenvalue weighted by molar-refractivity contribution is 7.91. The zero-order valence-corrected chi connectivity index (χ0v) is 19.1. The molecule has 0 radical (unpaired) electrons. The molecule has 1 aromatic rings. The normalized spacial score (nSPS) is 24.7. The molecule has 1 aromatic carbocycles. The van der Waals surface area contributed by atoms with Crippen LogP contribution >= 0.6 is 0 Å². The summed E-state index contributed by atoms with van der Waals surface area (Å²) in [7, 11) is -3.56. The van der Waals surface area contributed by atoms with E-state index in [0.29, 0.717) is 31.3 Å². The van der Waals surface area contributed by atoms with Crippen molar-refractivity contribution in [1.29, 1.82) is 0 Å². The van der Waals surface area contributed by atoms with Crippen LogP contribution < -0.4 is 10.1 Å². The van der Waals surface area contributed by atoms with Gasteiger partial charge in [0.2, 0.25) is 0 Å². The topological polar surface area (TPSA) is 119 Å². The summed E-state index contributed by atoms with van der Waals surface area (Å²) < 4.78 is 49.1. The lowest BCUT2D eigenvalue weighted by molar-refractivity contribution is -0.214. The summed E-state index contributed by atoms with van der Waals surface area (Å²) in [6, 6.07) is 5.79. The first-order valence-electron chi connectivity index (χ1n) is 10.2. The van der Waals surface area contributed by atoms with E-state index in [2.05, 4.69) is 5.32 Å². The molecule has 3 aliphatic carbocycles. The number of halogens is 1. The molecule has 176 valence electrons. The Balaban J connectivity index is 1.49. The molecule has 2 bridgehead atoms. The van der Waals surface area contributed by atoms with E-state index in [1.807, 2.05) is 0 Å². The number of hydrogen-bond acceptors (Lipinski definition) is 6. The van der Waals surface area contributed by atoms with Crippen molar-refractivity contribution in [1.82, 2.24) is 5.32 Å². The first-order chi connectivity index (χ1) is 14.8. The monoisotopic (exact) mass is 469 g/mol. The number of rotatable bonds is 9. The van der Waals surface area contributed by atoms with E-state index in [0.717, 1.165) is 0 Å². The lowest BCUT2D eigenvalue weighted by Crippen LogP contribution is -2.67. The SMILES string of the molecule is CC(C)(C)OC(=O)NC/C(=C\F)COc1ccc(S(=O)(=O)CC23CC(C(=O)O)(C2)C3)cc1. The number of aliphatic carboxylic acids is 1. The Hall–Kier alpha value is -2.62. The summed E-state index contributed by atoms with van der Waals surface area (Å²) in [6.45, 7) is 4.91. The van der Waals surface area contributed by atoms with Gasteiger partial charge in [0, 0.05) is 12.1 Å². The molecule has 0 saturated heterocycles. The molecule has 10 heteroatoms. The van der Waals surface area contributed by atoms with E-state index in [9.17, 15) is 27.5 Å². The number of carbonyl (C=O) groups excluding carboxylic acids is 1. The first-order valence-corrected chi connectivity index (χ1v) is 11.9. The highest BCUT2D eigenvalue weighted by Crippen LogP contribution is 2.73. The molecule has 1 amide bonds. The maximum Gasteiger partial charge on any atom is 0.407 e. The standard InChI is InChI=1S/C22H28FNO7S/c1-20(2,3)31-19(27)24-9-15(8-23)10-30-16-4-6-17(7-5-16)32(28,29)14-21-11-22(12-21,13-21)18(25)26/h4-8H,9-14H2,1-3H3,(H,24,27)(H,25,26)/b15-8+. The van der Waals surface area contributed by atoms with Gasteiger partial charge in [-0.3, -0.25) is 4.79 Å². The average Bonchev–Trinajstić information content (AvgIpc) is 2.62. The van der Waals surface area contributed by atoms with Gasteiger partial charge in [0.05, 0.1) is 22.4 Å². The van der Waals surface area contributed by atoms with Gasteiger partial charge < -0.3 is 19.9 Å². The Morgan fingerprint density at radius 3 is 2.28 bits per heavy atom. The van der Waals surface area contributed by atoms with Crippen LogP contribution in [0.15, 0.2) is 41.1 Å². The maximum atomic E-state index is 13.1. The fraction of sp³-hybridized carbons (Fsp3) is 0.545. The third kappa shape index (κ3) is 5.23. The molecule has 0 aliphatic heterocycles. The van der Waals surface area contributed by atoms with Crippen LogP contribution in [0, 0.1) is 10.8 Å². The van der Waals surface area contributed by atoms with Crippen LogP contribution in [0.5, 0.6) is 5.75 Å². The van der Waals surface area contributed by atoms with Crippen LogP contribution in [0.3, 0.4) is 0 Å². The third-order valence-corrected chi connectivity index (χ3v) is 7.69. The lowest BCUT2D eigenvalue weighted by Gasteiger charge is -2.68. The number of carbonyl (C=O) groups is 2. The van der Waals surface area contributed by atoms with Crippen molar-refractivity contribution in [3.8, 4) is 5.75 Å². The zero-order valence-electron chi connectivity index (χ0n) is 18.3. The van der Waals surface area contributed by atoms with Crippen molar-refractivity contribution >= 4 is 21.9 Å². The summed E-state index contributed by atoms with van der Waals surface area (Å²) in [6.07, 6.45) is 0.885. The number of hydrogen-bond donors (Lipinski definition) is 2. The van der Waals surface area contributed by atoms with Crippen molar-refractivity contribution < 1.29 is 37.0 Å². The van der Waals surface area contributed by atoms with Gasteiger partial charge in [-0.1, -0.05) is 0 Å². The molecule has 0 spiro atoms. The second-order valence-electron chi connectivity index (χ2n) is 9.76. The average molecular weight is 470 g/mol. The lowest BCUT2D eigenvalue weighted by atomic mass is 9.36. The minimum absolute atomic E-state index is 0.0691. The number of benzene rings is 1. The van der Waals surface area contributed by atoms with Crippen molar-refractivity contribution in [2.75, 3.05) is 18.9 Å². The van der Waals surface area contributed by atoms with Gasteiger partial charge in [-0.2, -0.15) is 0 Å². The minimum Gasteiger partial charge on any atom is -0.489 e.